The molecule has 4 aliphatic rings. The standard InChI is InChI=1S/C21H20BrNO2/c22-13-7-4-8-14(11-13)23-20(24)18-15-9-10-16(19(18)21(23)25)17(15)12-5-2-1-3-6-12/h4,7-11,15-16,18-19H,1-3,5-6H2. The maximum atomic E-state index is 13.2. The number of allylic oxidation sites excluding steroid dienone is 4. The van der Waals surface area contributed by atoms with E-state index < -0.39 is 0 Å². The van der Waals surface area contributed by atoms with Crippen LogP contribution in [0.15, 0.2) is 52.0 Å². The fraction of sp³-hybridized carbons (Fsp3) is 0.429. The summed E-state index contributed by atoms with van der Waals surface area (Å²) in [5.74, 6) is -0.108. The summed E-state index contributed by atoms with van der Waals surface area (Å²) in [6.45, 7) is 0. The Morgan fingerprint density at radius 2 is 1.56 bits per heavy atom. The predicted octanol–water partition coefficient (Wildman–Crippen LogP) is 4.63. The van der Waals surface area contributed by atoms with Gasteiger partial charge in [0, 0.05) is 16.3 Å². The largest absolute Gasteiger partial charge is 0.274 e. The van der Waals surface area contributed by atoms with Gasteiger partial charge in [-0.2, -0.15) is 0 Å². The molecule has 2 amide bonds. The van der Waals surface area contributed by atoms with Gasteiger partial charge in [0.1, 0.15) is 0 Å². The highest BCUT2D eigenvalue weighted by atomic mass is 79.9. The molecule has 1 aromatic rings. The molecule has 1 heterocycles. The Bertz CT molecular complexity index is 798. The van der Waals surface area contributed by atoms with E-state index in [1.807, 2.05) is 24.3 Å². The number of imide groups is 1. The lowest BCUT2D eigenvalue weighted by molar-refractivity contribution is -0.122. The van der Waals surface area contributed by atoms with Gasteiger partial charge in [-0.25, -0.2) is 4.90 Å². The first-order chi connectivity index (χ1) is 12.2. The Morgan fingerprint density at radius 3 is 2.16 bits per heavy atom. The molecule has 2 saturated carbocycles. The summed E-state index contributed by atoms with van der Waals surface area (Å²) in [5, 5.41) is 0. The molecule has 3 fully saturated rings. The van der Waals surface area contributed by atoms with Crippen LogP contribution in [0.1, 0.15) is 32.1 Å². The van der Waals surface area contributed by atoms with E-state index in [1.165, 1.54) is 35.3 Å². The summed E-state index contributed by atoms with van der Waals surface area (Å²) in [4.78, 5) is 27.7. The third-order valence-corrected chi connectivity index (χ3v) is 6.84. The fourth-order valence-electron chi connectivity index (χ4n) is 5.37. The Kier molecular flexibility index (Phi) is 3.53. The Balaban J connectivity index is 1.54. The lowest BCUT2D eigenvalue weighted by Crippen LogP contribution is -2.33. The lowest BCUT2D eigenvalue weighted by Gasteiger charge is -2.23. The molecule has 5 rings (SSSR count). The van der Waals surface area contributed by atoms with Gasteiger partial charge in [-0.1, -0.05) is 51.7 Å². The smallest absolute Gasteiger partial charge is 0.238 e. The van der Waals surface area contributed by atoms with Crippen LogP contribution in [0.4, 0.5) is 5.69 Å². The van der Waals surface area contributed by atoms with Crippen LogP contribution in [0.3, 0.4) is 0 Å². The number of nitrogens with zero attached hydrogens (tertiary/aromatic N) is 1. The average Bonchev–Trinajstić information content (AvgIpc) is 3.25. The lowest BCUT2D eigenvalue weighted by atomic mass is 9.85. The van der Waals surface area contributed by atoms with Crippen LogP contribution >= 0.6 is 15.9 Å². The van der Waals surface area contributed by atoms with Gasteiger partial charge in [-0.15, -0.1) is 0 Å². The second-order valence-corrected chi connectivity index (χ2v) is 8.52. The van der Waals surface area contributed by atoms with Crippen LogP contribution in [-0.2, 0) is 9.59 Å². The van der Waals surface area contributed by atoms with Crippen molar-refractivity contribution in [1.82, 2.24) is 0 Å². The number of carbonyl (C=O) groups excluding carboxylic acids is 2. The van der Waals surface area contributed by atoms with Crippen molar-refractivity contribution in [2.45, 2.75) is 32.1 Å². The summed E-state index contributed by atoms with van der Waals surface area (Å²) < 4.78 is 0.883. The third-order valence-electron chi connectivity index (χ3n) is 6.35. The van der Waals surface area contributed by atoms with Gasteiger partial charge >= 0.3 is 0 Å². The van der Waals surface area contributed by atoms with Gasteiger partial charge in [0.25, 0.3) is 0 Å². The zero-order valence-corrected chi connectivity index (χ0v) is 15.5. The van der Waals surface area contributed by atoms with Crippen molar-refractivity contribution in [2.24, 2.45) is 23.7 Å². The zero-order chi connectivity index (χ0) is 17.1. The summed E-state index contributed by atoms with van der Waals surface area (Å²) in [5.41, 5.74) is 3.64. The maximum Gasteiger partial charge on any atom is 0.238 e. The first-order valence-corrected chi connectivity index (χ1v) is 9.99. The third kappa shape index (κ3) is 2.16. The van der Waals surface area contributed by atoms with E-state index >= 15 is 0 Å². The van der Waals surface area contributed by atoms with Gasteiger partial charge in [0.2, 0.25) is 11.8 Å². The number of fused-ring (bicyclic) bond motifs is 5. The SMILES string of the molecule is O=C1C2C3C=CC(C3=C3CCCCC3)C2C(=O)N1c1cccc(Br)c1. The first kappa shape index (κ1) is 15.6. The molecule has 2 bridgehead atoms. The Morgan fingerprint density at radius 1 is 0.920 bits per heavy atom. The molecule has 128 valence electrons. The van der Waals surface area contributed by atoms with Crippen LogP contribution in [0.25, 0.3) is 0 Å². The number of hydrogen-bond donors (Lipinski definition) is 0. The van der Waals surface area contributed by atoms with E-state index in [0.717, 1.165) is 17.3 Å². The van der Waals surface area contributed by atoms with Crippen molar-refractivity contribution in [3.63, 3.8) is 0 Å². The van der Waals surface area contributed by atoms with Crippen molar-refractivity contribution in [2.75, 3.05) is 4.90 Å². The van der Waals surface area contributed by atoms with E-state index in [2.05, 4.69) is 28.1 Å². The van der Waals surface area contributed by atoms with E-state index in [0.29, 0.717) is 5.69 Å². The molecule has 0 N–H and O–H groups in total. The van der Waals surface area contributed by atoms with Crippen LogP contribution in [0.5, 0.6) is 0 Å². The molecule has 4 heteroatoms. The number of halogens is 1. The zero-order valence-electron chi connectivity index (χ0n) is 14.0. The first-order valence-electron chi connectivity index (χ1n) is 9.20. The molecule has 3 nitrogen and oxygen atoms in total. The van der Waals surface area contributed by atoms with Crippen molar-refractivity contribution < 1.29 is 9.59 Å². The average molecular weight is 398 g/mol. The van der Waals surface area contributed by atoms with Gasteiger partial charge in [-0.05, 0) is 43.9 Å². The topological polar surface area (TPSA) is 37.4 Å². The number of hydrogen-bond acceptors (Lipinski definition) is 2. The van der Waals surface area contributed by atoms with Crippen molar-refractivity contribution in [3.8, 4) is 0 Å². The summed E-state index contributed by atoms with van der Waals surface area (Å²) in [6.07, 6.45) is 10.5. The quantitative estimate of drug-likeness (QED) is 0.511. The number of carbonyl (C=O) groups is 2. The monoisotopic (exact) mass is 397 g/mol. The summed E-state index contributed by atoms with van der Waals surface area (Å²) in [6, 6.07) is 7.48. The summed E-state index contributed by atoms with van der Waals surface area (Å²) >= 11 is 3.44. The molecule has 0 spiro atoms. The van der Waals surface area contributed by atoms with E-state index in [1.54, 1.807) is 0 Å². The normalized spacial score (nSPS) is 33.6. The highest BCUT2D eigenvalue weighted by molar-refractivity contribution is 9.10. The Hall–Kier alpha value is -1.68. The van der Waals surface area contributed by atoms with Crippen LogP contribution < -0.4 is 4.90 Å². The highest BCUT2D eigenvalue weighted by Crippen LogP contribution is 2.58. The molecule has 1 aromatic carbocycles. The Labute approximate surface area is 155 Å². The van der Waals surface area contributed by atoms with Gasteiger partial charge < -0.3 is 0 Å². The van der Waals surface area contributed by atoms with Crippen molar-refractivity contribution in [3.05, 3.63) is 52.0 Å². The van der Waals surface area contributed by atoms with Crippen molar-refractivity contribution >= 4 is 33.4 Å². The van der Waals surface area contributed by atoms with E-state index in [9.17, 15) is 9.59 Å². The van der Waals surface area contributed by atoms with Gasteiger partial charge in [0.15, 0.2) is 0 Å². The maximum absolute atomic E-state index is 13.2. The number of amides is 2. The van der Waals surface area contributed by atoms with Crippen molar-refractivity contribution in [1.29, 1.82) is 0 Å². The molecule has 4 unspecified atom stereocenters. The van der Waals surface area contributed by atoms with E-state index in [4.69, 9.17) is 0 Å². The second kappa shape index (κ2) is 5.66. The highest BCUT2D eigenvalue weighted by Gasteiger charge is 2.62. The molecular weight excluding hydrogens is 378 g/mol. The minimum atomic E-state index is -0.189. The second-order valence-electron chi connectivity index (χ2n) is 7.60. The summed E-state index contributed by atoms with van der Waals surface area (Å²) in [7, 11) is 0. The number of rotatable bonds is 1. The van der Waals surface area contributed by atoms with Gasteiger partial charge in [-0.3, -0.25) is 9.59 Å². The van der Waals surface area contributed by atoms with Crippen LogP contribution in [0, 0.1) is 23.7 Å². The molecular formula is C21H20BrNO2. The molecule has 25 heavy (non-hydrogen) atoms. The minimum absolute atomic E-state index is 0.0149. The van der Waals surface area contributed by atoms with Gasteiger partial charge in [0.05, 0.1) is 17.5 Å². The molecule has 3 aliphatic carbocycles. The van der Waals surface area contributed by atoms with Crippen LogP contribution in [0.2, 0.25) is 0 Å². The fourth-order valence-corrected chi connectivity index (χ4v) is 5.76. The number of benzene rings is 1. The van der Waals surface area contributed by atoms with E-state index in [-0.39, 0.29) is 35.5 Å². The molecule has 0 aromatic heterocycles. The predicted molar refractivity (Wildman–Crippen MR) is 99.8 cm³/mol. The molecule has 0 radical (unpaired) electrons. The molecule has 1 aliphatic heterocycles. The van der Waals surface area contributed by atoms with Crippen LogP contribution in [-0.4, -0.2) is 11.8 Å². The molecule has 1 saturated heterocycles. The minimum Gasteiger partial charge on any atom is -0.274 e. The number of anilines is 1. The molecule has 4 atom stereocenters.